The first-order valence-electron chi connectivity index (χ1n) is 13.5. The molecule has 2 atom stereocenters. The third-order valence-corrected chi connectivity index (χ3v) is 7.50. The van der Waals surface area contributed by atoms with Crippen LogP contribution in [0.15, 0.2) is 72.9 Å². The Labute approximate surface area is 233 Å². The van der Waals surface area contributed by atoms with E-state index in [1.807, 2.05) is 31.5 Å². The van der Waals surface area contributed by atoms with Crippen molar-refractivity contribution in [2.45, 2.75) is 58.5 Å². The van der Waals surface area contributed by atoms with Crippen molar-refractivity contribution in [3.63, 3.8) is 0 Å². The van der Waals surface area contributed by atoms with Crippen molar-refractivity contribution >= 4 is 11.5 Å². The number of fused-ring (bicyclic) bond motifs is 1. The van der Waals surface area contributed by atoms with E-state index in [9.17, 15) is 4.79 Å². The molecule has 1 aliphatic heterocycles. The van der Waals surface area contributed by atoms with E-state index in [2.05, 4.69) is 42.5 Å². The van der Waals surface area contributed by atoms with Gasteiger partial charge in [0.1, 0.15) is 23.4 Å². The predicted molar refractivity (Wildman–Crippen MR) is 153 cm³/mol. The molecule has 1 aromatic heterocycles. The zero-order chi connectivity index (χ0) is 28.4. The summed E-state index contributed by atoms with van der Waals surface area (Å²) in [4.78, 5) is 20.1. The van der Waals surface area contributed by atoms with E-state index in [1.54, 1.807) is 12.1 Å². The number of rotatable bonds is 6. The lowest BCUT2D eigenvalue weighted by Crippen LogP contribution is -2.19. The maximum Gasteiger partial charge on any atom is 0.304 e. The zero-order valence-electron chi connectivity index (χ0n) is 23.0. The molecule has 0 unspecified atom stereocenters. The SMILES string of the molecule is C=C1/C(F)=C\C=C(\c2c(C)cc(-c3ncc(C)cn3)cc2C)CCC[C@H]1Oc1ccc2c(c1)OC[C@H]2CC(=O)O. The fourth-order valence-electron chi connectivity index (χ4n) is 5.52. The highest BCUT2D eigenvalue weighted by Crippen LogP contribution is 2.39. The maximum absolute atomic E-state index is 15.3. The molecule has 0 radical (unpaired) electrons. The van der Waals surface area contributed by atoms with E-state index in [0.717, 1.165) is 51.8 Å². The summed E-state index contributed by atoms with van der Waals surface area (Å²) in [5, 5.41) is 9.15. The van der Waals surface area contributed by atoms with Gasteiger partial charge in [0.15, 0.2) is 5.82 Å². The van der Waals surface area contributed by atoms with E-state index in [1.165, 1.54) is 6.08 Å². The summed E-state index contributed by atoms with van der Waals surface area (Å²) in [6, 6.07) is 9.56. The lowest BCUT2D eigenvalue weighted by molar-refractivity contribution is -0.137. The molecule has 0 amide bonds. The van der Waals surface area contributed by atoms with Gasteiger partial charge in [0.25, 0.3) is 0 Å². The third kappa shape index (κ3) is 5.83. The van der Waals surface area contributed by atoms with Gasteiger partial charge in [0, 0.05) is 41.1 Å². The number of aryl methyl sites for hydroxylation is 3. The van der Waals surface area contributed by atoms with Crippen molar-refractivity contribution in [3.8, 4) is 22.9 Å². The molecule has 2 heterocycles. The lowest BCUT2D eigenvalue weighted by Gasteiger charge is -2.21. The molecule has 40 heavy (non-hydrogen) atoms. The summed E-state index contributed by atoms with van der Waals surface area (Å²) < 4.78 is 27.2. The molecule has 0 fully saturated rings. The smallest absolute Gasteiger partial charge is 0.304 e. The second kappa shape index (κ2) is 11.5. The van der Waals surface area contributed by atoms with Crippen LogP contribution in [0.25, 0.3) is 17.0 Å². The van der Waals surface area contributed by atoms with Crippen molar-refractivity contribution in [2.75, 3.05) is 6.61 Å². The summed E-state index contributed by atoms with van der Waals surface area (Å²) in [6.45, 7) is 10.4. The van der Waals surface area contributed by atoms with Gasteiger partial charge in [-0.25, -0.2) is 14.4 Å². The minimum atomic E-state index is -0.861. The molecule has 2 aromatic carbocycles. The number of nitrogens with zero attached hydrogens (tertiary/aromatic N) is 2. The molecule has 6 nitrogen and oxygen atoms in total. The van der Waals surface area contributed by atoms with Crippen LogP contribution in [0.3, 0.4) is 0 Å². The van der Waals surface area contributed by atoms with Gasteiger partial charge in [-0.1, -0.05) is 18.7 Å². The largest absolute Gasteiger partial charge is 0.492 e. The molecule has 0 saturated carbocycles. The maximum atomic E-state index is 15.3. The number of carboxylic acid groups (broad SMARTS) is 1. The zero-order valence-corrected chi connectivity index (χ0v) is 23.0. The molecule has 206 valence electrons. The number of ether oxygens (including phenoxy) is 2. The van der Waals surface area contributed by atoms with Crippen LogP contribution in [0.2, 0.25) is 0 Å². The minimum Gasteiger partial charge on any atom is -0.492 e. The highest BCUT2D eigenvalue weighted by atomic mass is 19.1. The number of benzene rings is 2. The normalized spacial score (nSPS) is 21.6. The Balaban J connectivity index is 1.33. The minimum absolute atomic E-state index is 0.0133. The van der Waals surface area contributed by atoms with E-state index >= 15 is 4.39 Å². The molecule has 7 heteroatoms. The topological polar surface area (TPSA) is 81.5 Å². The van der Waals surface area contributed by atoms with Gasteiger partial charge in [-0.15, -0.1) is 0 Å². The van der Waals surface area contributed by atoms with Crippen LogP contribution in [-0.2, 0) is 4.79 Å². The summed E-state index contributed by atoms with van der Waals surface area (Å²) in [7, 11) is 0. The van der Waals surface area contributed by atoms with Crippen LogP contribution in [0.5, 0.6) is 11.5 Å². The highest BCUT2D eigenvalue weighted by Gasteiger charge is 2.28. The monoisotopic (exact) mass is 540 g/mol. The molecule has 1 N–H and O–H groups in total. The molecule has 3 aromatic rings. The molecule has 0 spiro atoms. The average molecular weight is 541 g/mol. The van der Waals surface area contributed by atoms with Crippen LogP contribution < -0.4 is 9.47 Å². The fourth-order valence-corrected chi connectivity index (χ4v) is 5.52. The Morgan fingerprint density at radius 1 is 1.12 bits per heavy atom. The van der Waals surface area contributed by atoms with Crippen LogP contribution in [0.4, 0.5) is 4.39 Å². The van der Waals surface area contributed by atoms with Gasteiger partial charge in [0.05, 0.1) is 13.0 Å². The lowest BCUT2D eigenvalue weighted by atomic mass is 9.90. The van der Waals surface area contributed by atoms with Crippen molar-refractivity contribution in [2.24, 2.45) is 0 Å². The van der Waals surface area contributed by atoms with Gasteiger partial charge in [-0.2, -0.15) is 0 Å². The first kappa shape index (κ1) is 27.3. The fraction of sp³-hybridized carbons (Fsp3) is 0.303. The Kier molecular flexibility index (Phi) is 7.83. The first-order chi connectivity index (χ1) is 19.2. The Morgan fingerprint density at radius 2 is 1.85 bits per heavy atom. The van der Waals surface area contributed by atoms with E-state index in [-0.39, 0.29) is 12.3 Å². The van der Waals surface area contributed by atoms with Crippen LogP contribution in [0, 0.1) is 20.8 Å². The number of carbonyl (C=O) groups is 1. The van der Waals surface area contributed by atoms with Crippen LogP contribution in [-0.4, -0.2) is 33.8 Å². The Morgan fingerprint density at radius 3 is 2.55 bits per heavy atom. The standard InChI is InChI=1S/C33H33FN2O4/c1-19-16-35-33(36-17-19)24-12-20(2)32(21(3)13-24)23-6-5-7-29(22(4)28(34)11-8-23)40-26-9-10-27-25(14-31(37)38)18-39-30(27)15-26/h8-13,15-17,25,29H,4-7,14,18H2,1-3H3,(H,37,38)/b23-8+,28-11+/t25-,29-/m1/s1. The van der Waals surface area contributed by atoms with E-state index < -0.39 is 17.9 Å². The number of aliphatic carboxylic acids is 1. The quantitative estimate of drug-likeness (QED) is 0.350. The number of aromatic nitrogens is 2. The number of hydrogen-bond acceptors (Lipinski definition) is 5. The molecular weight excluding hydrogens is 507 g/mol. The summed E-state index contributed by atoms with van der Waals surface area (Å²) in [5.74, 6) is 0.383. The summed E-state index contributed by atoms with van der Waals surface area (Å²) >= 11 is 0. The number of carboxylic acids is 1. The molecule has 0 bridgehead atoms. The molecule has 0 saturated heterocycles. The van der Waals surface area contributed by atoms with Crippen molar-refractivity contribution < 1.29 is 23.8 Å². The second-order valence-electron chi connectivity index (χ2n) is 10.6. The average Bonchev–Trinajstić information content (AvgIpc) is 3.32. The van der Waals surface area contributed by atoms with Crippen LogP contribution in [0.1, 0.15) is 59.4 Å². The van der Waals surface area contributed by atoms with Gasteiger partial charge in [0.2, 0.25) is 0 Å². The summed E-state index contributed by atoms with van der Waals surface area (Å²) in [6.07, 6.45) is 8.55. The Hall–Kier alpha value is -4.26. The van der Waals surface area contributed by atoms with Crippen LogP contribution >= 0.6 is 0 Å². The molecule has 5 rings (SSSR count). The Bertz CT molecular complexity index is 1500. The van der Waals surface area contributed by atoms with Crippen molar-refractivity contribution in [3.05, 3.63) is 101 Å². The number of hydrogen-bond donors (Lipinski definition) is 1. The summed E-state index contributed by atoms with van der Waals surface area (Å²) in [5.41, 5.74) is 7.46. The first-order valence-corrected chi connectivity index (χ1v) is 13.5. The van der Waals surface area contributed by atoms with E-state index in [0.29, 0.717) is 35.9 Å². The van der Waals surface area contributed by atoms with Crippen molar-refractivity contribution in [1.29, 1.82) is 0 Å². The molecule has 1 aliphatic carbocycles. The van der Waals surface area contributed by atoms with Gasteiger partial charge in [-0.3, -0.25) is 4.79 Å². The van der Waals surface area contributed by atoms with Gasteiger partial charge >= 0.3 is 5.97 Å². The molecule has 2 aliphatic rings. The van der Waals surface area contributed by atoms with Crippen molar-refractivity contribution in [1.82, 2.24) is 9.97 Å². The second-order valence-corrected chi connectivity index (χ2v) is 10.6. The van der Waals surface area contributed by atoms with Gasteiger partial charge in [-0.05, 0) is 92.1 Å². The highest BCUT2D eigenvalue weighted by molar-refractivity contribution is 5.75. The van der Waals surface area contributed by atoms with Gasteiger partial charge < -0.3 is 14.6 Å². The number of allylic oxidation sites excluding steroid dienone is 3. The van der Waals surface area contributed by atoms with E-state index in [4.69, 9.17) is 14.6 Å². The number of halogens is 1. The predicted octanol–water partition coefficient (Wildman–Crippen LogP) is 7.44. The molecular formula is C33H33FN2O4. The third-order valence-electron chi connectivity index (χ3n) is 7.50.